The van der Waals surface area contributed by atoms with Gasteiger partial charge in [0.25, 0.3) is 0 Å². The lowest BCUT2D eigenvalue weighted by Gasteiger charge is -2.10. The van der Waals surface area contributed by atoms with Gasteiger partial charge >= 0.3 is 6.18 Å². The lowest BCUT2D eigenvalue weighted by atomic mass is 10.2. The molecule has 0 aliphatic heterocycles. The third-order valence-corrected chi connectivity index (χ3v) is 3.61. The molecule has 2 N–H and O–H groups in total. The molecule has 1 amide bonds. The predicted molar refractivity (Wildman–Crippen MR) is 85.0 cm³/mol. The third kappa shape index (κ3) is 5.04. The fourth-order valence-corrected chi connectivity index (χ4v) is 2.03. The number of hydrogen-bond donors (Lipinski definition) is 2. The number of carbonyl (C=O) groups is 1. The molecule has 2 aromatic carbocycles. The van der Waals surface area contributed by atoms with Crippen LogP contribution in [-0.2, 0) is 11.0 Å². The van der Waals surface area contributed by atoms with Crippen molar-refractivity contribution in [2.24, 2.45) is 0 Å². The zero-order valence-corrected chi connectivity index (χ0v) is 13.1. The van der Waals surface area contributed by atoms with Crippen LogP contribution in [0.3, 0.4) is 0 Å². The summed E-state index contributed by atoms with van der Waals surface area (Å²) in [5.74, 6) is -0.407. The Balaban J connectivity index is 1.90. The number of nitrogens with one attached hydrogen (secondary N) is 2. The first kappa shape index (κ1) is 17.4. The Labute approximate surface area is 140 Å². The first-order valence-corrected chi connectivity index (χ1v) is 7.17. The summed E-state index contributed by atoms with van der Waals surface area (Å²) in [6, 6.07) is 9.00. The minimum atomic E-state index is -4.40. The van der Waals surface area contributed by atoms with Crippen molar-refractivity contribution in [1.29, 1.82) is 0 Å². The number of carbonyl (C=O) groups excluding carboxylic acids is 1. The van der Waals surface area contributed by atoms with Crippen molar-refractivity contribution >= 4 is 40.5 Å². The van der Waals surface area contributed by atoms with E-state index in [-0.39, 0.29) is 12.2 Å². The predicted octanol–water partition coefficient (Wildman–Crippen LogP) is 5.06. The topological polar surface area (TPSA) is 41.1 Å². The molecule has 2 rings (SSSR count). The van der Waals surface area contributed by atoms with Crippen molar-refractivity contribution in [3.8, 4) is 0 Å². The van der Waals surface area contributed by atoms with E-state index in [0.29, 0.717) is 15.7 Å². The molecule has 0 unspecified atom stereocenters. The van der Waals surface area contributed by atoms with Gasteiger partial charge in [0, 0.05) is 11.4 Å². The van der Waals surface area contributed by atoms with Crippen LogP contribution in [0.5, 0.6) is 0 Å². The van der Waals surface area contributed by atoms with Crippen molar-refractivity contribution in [3.05, 3.63) is 58.1 Å². The summed E-state index contributed by atoms with van der Waals surface area (Å²) in [5, 5.41) is 6.06. The van der Waals surface area contributed by atoms with Crippen molar-refractivity contribution in [3.63, 3.8) is 0 Å². The molecule has 0 spiro atoms. The molecule has 0 saturated heterocycles. The van der Waals surface area contributed by atoms with Crippen LogP contribution in [0.1, 0.15) is 5.56 Å². The van der Waals surface area contributed by atoms with E-state index >= 15 is 0 Å². The van der Waals surface area contributed by atoms with Gasteiger partial charge in [0.05, 0.1) is 22.2 Å². The Kier molecular flexibility index (Phi) is 5.38. The molecule has 0 aromatic heterocycles. The number of rotatable bonds is 4. The highest BCUT2D eigenvalue weighted by Crippen LogP contribution is 2.29. The summed E-state index contributed by atoms with van der Waals surface area (Å²) in [7, 11) is 0. The van der Waals surface area contributed by atoms with Crippen LogP contribution in [0.2, 0.25) is 10.0 Å². The smallest absolute Gasteiger partial charge is 0.376 e. The molecule has 0 saturated carbocycles. The molecular formula is C15H11Cl2F3N2O. The molecule has 122 valence electrons. The summed E-state index contributed by atoms with van der Waals surface area (Å²) in [5.41, 5.74) is 0.102. The maximum Gasteiger partial charge on any atom is 0.416 e. The quantitative estimate of drug-likeness (QED) is 0.797. The fraction of sp³-hybridized carbons (Fsp3) is 0.133. The van der Waals surface area contributed by atoms with Crippen LogP contribution in [0.25, 0.3) is 0 Å². The van der Waals surface area contributed by atoms with E-state index in [2.05, 4.69) is 10.6 Å². The lowest BCUT2D eigenvalue weighted by molar-refractivity contribution is -0.137. The molecule has 0 aliphatic rings. The minimum Gasteiger partial charge on any atom is -0.376 e. The number of hydrogen-bond acceptors (Lipinski definition) is 2. The zero-order chi connectivity index (χ0) is 17.0. The molecule has 23 heavy (non-hydrogen) atoms. The van der Waals surface area contributed by atoms with Gasteiger partial charge in [-0.05, 0) is 42.5 Å². The van der Waals surface area contributed by atoms with Gasteiger partial charge in [0.1, 0.15) is 0 Å². The maximum absolute atomic E-state index is 12.4. The van der Waals surface area contributed by atoms with E-state index in [4.69, 9.17) is 23.2 Å². The second-order valence-corrected chi connectivity index (χ2v) is 5.42. The van der Waals surface area contributed by atoms with Gasteiger partial charge < -0.3 is 10.6 Å². The van der Waals surface area contributed by atoms with E-state index in [0.717, 1.165) is 12.1 Å². The number of benzene rings is 2. The van der Waals surface area contributed by atoms with E-state index in [9.17, 15) is 18.0 Å². The van der Waals surface area contributed by atoms with Gasteiger partial charge in [-0.3, -0.25) is 4.79 Å². The molecule has 0 radical (unpaired) electrons. The Morgan fingerprint density at radius 3 is 2.13 bits per heavy atom. The molecule has 8 heteroatoms. The van der Waals surface area contributed by atoms with Gasteiger partial charge in [-0.1, -0.05) is 23.2 Å². The summed E-state index contributed by atoms with van der Waals surface area (Å²) < 4.78 is 37.3. The summed E-state index contributed by atoms with van der Waals surface area (Å²) in [6.45, 7) is -0.0705. The number of alkyl halides is 3. The van der Waals surface area contributed by atoms with Crippen molar-refractivity contribution in [1.82, 2.24) is 0 Å². The standard InChI is InChI=1S/C15H11Cl2F3N2O/c16-12-6-5-11(7-13(12)17)21-8-14(23)22-10-3-1-9(2-4-10)15(18,19)20/h1-7,21H,8H2,(H,22,23). The minimum absolute atomic E-state index is 0.0705. The summed E-state index contributed by atoms with van der Waals surface area (Å²) >= 11 is 11.6. The highest BCUT2D eigenvalue weighted by atomic mass is 35.5. The van der Waals surface area contributed by atoms with Crippen LogP contribution < -0.4 is 10.6 Å². The van der Waals surface area contributed by atoms with Gasteiger partial charge in [-0.25, -0.2) is 0 Å². The molecule has 3 nitrogen and oxygen atoms in total. The largest absolute Gasteiger partial charge is 0.416 e. The van der Waals surface area contributed by atoms with Crippen LogP contribution in [0, 0.1) is 0 Å². The number of amides is 1. The van der Waals surface area contributed by atoms with Gasteiger partial charge in [0.2, 0.25) is 5.91 Å². The Morgan fingerprint density at radius 2 is 1.57 bits per heavy atom. The normalized spacial score (nSPS) is 11.2. The fourth-order valence-electron chi connectivity index (χ4n) is 1.74. The van der Waals surface area contributed by atoms with Crippen molar-refractivity contribution in [2.75, 3.05) is 17.2 Å². The monoisotopic (exact) mass is 362 g/mol. The molecule has 0 fully saturated rings. The average molecular weight is 363 g/mol. The molecule has 0 atom stereocenters. The SMILES string of the molecule is O=C(CNc1ccc(Cl)c(Cl)c1)Nc1ccc(C(F)(F)F)cc1. The summed E-state index contributed by atoms with van der Waals surface area (Å²) in [6.07, 6.45) is -4.40. The lowest BCUT2D eigenvalue weighted by Crippen LogP contribution is -2.21. The van der Waals surface area contributed by atoms with Crippen LogP contribution in [0.4, 0.5) is 24.5 Å². The average Bonchev–Trinajstić information content (AvgIpc) is 2.48. The number of anilines is 2. The van der Waals surface area contributed by atoms with Crippen molar-refractivity contribution < 1.29 is 18.0 Å². The highest BCUT2D eigenvalue weighted by Gasteiger charge is 2.29. The van der Waals surface area contributed by atoms with Crippen LogP contribution in [-0.4, -0.2) is 12.5 Å². The summed E-state index contributed by atoms with van der Waals surface area (Å²) in [4.78, 5) is 11.8. The van der Waals surface area contributed by atoms with E-state index in [1.807, 2.05) is 0 Å². The van der Waals surface area contributed by atoms with Gasteiger partial charge in [-0.2, -0.15) is 13.2 Å². The first-order chi connectivity index (χ1) is 10.8. The Hall–Kier alpha value is -1.92. The molecule has 0 heterocycles. The second kappa shape index (κ2) is 7.10. The van der Waals surface area contributed by atoms with Crippen LogP contribution >= 0.6 is 23.2 Å². The van der Waals surface area contributed by atoms with Gasteiger partial charge in [-0.15, -0.1) is 0 Å². The third-order valence-electron chi connectivity index (χ3n) is 2.87. The molecule has 0 aliphatic carbocycles. The molecular weight excluding hydrogens is 352 g/mol. The van der Waals surface area contributed by atoms with Crippen molar-refractivity contribution in [2.45, 2.75) is 6.18 Å². The van der Waals surface area contributed by atoms with E-state index in [1.54, 1.807) is 18.2 Å². The van der Waals surface area contributed by atoms with Crippen LogP contribution in [0.15, 0.2) is 42.5 Å². The Morgan fingerprint density at radius 1 is 0.957 bits per heavy atom. The zero-order valence-electron chi connectivity index (χ0n) is 11.5. The Bertz CT molecular complexity index is 703. The highest BCUT2D eigenvalue weighted by molar-refractivity contribution is 6.42. The second-order valence-electron chi connectivity index (χ2n) is 4.61. The maximum atomic E-state index is 12.4. The van der Waals surface area contributed by atoms with E-state index in [1.165, 1.54) is 12.1 Å². The number of halogens is 5. The van der Waals surface area contributed by atoms with E-state index < -0.39 is 17.6 Å². The molecule has 2 aromatic rings. The first-order valence-electron chi connectivity index (χ1n) is 6.42. The van der Waals surface area contributed by atoms with Gasteiger partial charge in [0.15, 0.2) is 0 Å². The molecule has 0 bridgehead atoms.